The van der Waals surface area contributed by atoms with Crippen LogP contribution in [0.15, 0.2) is 42.6 Å². The number of nitrogens with zero attached hydrogens (tertiary/aromatic N) is 1. The summed E-state index contributed by atoms with van der Waals surface area (Å²) in [6.07, 6.45) is -2.85. The van der Waals surface area contributed by atoms with Gasteiger partial charge in [0.15, 0.2) is 0 Å². The van der Waals surface area contributed by atoms with Crippen molar-refractivity contribution in [2.75, 3.05) is 7.11 Å². The van der Waals surface area contributed by atoms with Crippen LogP contribution in [-0.4, -0.2) is 12.1 Å². The van der Waals surface area contributed by atoms with Gasteiger partial charge in [0.05, 0.1) is 12.7 Å². The molecule has 0 aliphatic rings. The van der Waals surface area contributed by atoms with Crippen molar-refractivity contribution in [3.63, 3.8) is 0 Å². The lowest BCUT2D eigenvalue weighted by molar-refractivity contribution is -0.137. The third kappa shape index (κ3) is 2.61. The molecule has 0 amide bonds. The Labute approximate surface area is 102 Å². The number of pyridine rings is 1. The molecule has 0 fully saturated rings. The zero-order valence-electron chi connectivity index (χ0n) is 9.53. The molecule has 0 atom stereocenters. The molecule has 0 spiro atoms. The van der Waals surface area contributed by atoms with Crippen molar-refractivity contribution in [2.45, 2.75) is 6.18 Å². The van der Waals surface area contributed by atoms with Gasteiger partial charge in [-0.1, -0.05) is 12.1 Å². The van der Waals surface area contributed by atoms with E-state index in [0.717, 1.165) is 12.1 Å². The normalized spacial score (nSPS) is 11.3. The van der Waals surface area contributed by atoms with Crippen molar-refractivity contribution in [1.82, 2.24) is 4.98 Å². The minimum Gasteiger partial charge on any atom is -0.481 e. The topological polar surface area (TPSA) is 22.1 Å². The fourth-order valence-electron chi connectivity index (χ4n) is 1.58. The second-order valence-electron chi connectivity index (χ2n) is 3.67. The lowest BCUT2D eigenvalue weighted by atomic mass is 10.0. The van der Waals surface area contributed by atoms with Crippen molar-refractivity contribution in [2.24, 2.45) is 0 Å². The molecule has 94 valence electrons. The molecule has 0 bridgehead atoms. The molecule has 0 saturated carbocycles. The lowest BCUT2D eigenvalue weighted by Gasteiger charge is -2.09. The summed E-state index contributed by atoms with van der Waals surface area (Å²) in [4.78, 5) is 3.91. The summed E-state index contributed by atoms with van der Waals surface area (Å²) in [7, 11) is 1.46. The molecule has 0 aliphatic carbocycles. The highest BCUT2D eigenvalue weighted by Gasteiger charge is 2.30. The van der Waals surface area contributed by atoms with Crippen molar-refractivity contribution in [1.29, 1.82) is 0 Å². The van der Waals surface area contributed by atoms with E-state index in [-0.39, 0.29) is 0 Å². The number of rotatable bonds is 2. The molecule has 5 heteroatoms. The average Bonchev–Trinajstić information content (AvgIpc) is 2.38. The number of methoxy groups -OCH3 is 1. The van der Waals surface area contributed by atoms with Gasteiger partial charge < -0.3 is 4.74 Å². The molecular formula is C13H10F3NO. The molecule has 0 radical (unpaired) electrons. The van der Waals surface area contributed by atoms with Crippen LogP contribution in [0.4, 0.5) is 13.2 Å². The minimum absolute atomic E-state index is 0.366. The van der Waals surface area contributed by atoms with Crippen LogP contribution in [0.5, 0.6) is 5.88 Å². The van der Waals surface area contributed by atoms with Gasteiger partial charge in [-0.25, -0.2) is 4.98 Å². The van der Waals surface area contributed by atoms with E-state index in [1.807, 2.05) is 0 Å². The van der Waals surface area contributed by atoms with Crippen LogP contribution in [0.2, 0.25) is 0 Å². The molecule has 0 saturated heterocycles. The van der Waals surface area contributed by atoms with Gasteiger partial charge in [-0.05, 0) is 29.3 Å². The third-order valence-corrected chi connectivity index (χ3v) is 2.47. The van der Waals surface area contributed by atoms with Gasteiger partial charge in [-0.15, -0.1) is 0 Å². The van der Waals surface area contributed by atoms with E-state index in [9.17, 15) is 13.2 Å². The van der Waals surface area contributed by atoms with Gasteiger partial charge in [0.1, 0.15) is 0 Å². The number of hydrogen-bond acceptors (Lipinski definition) is 2. The van der Waals surface area contributed by atoms with Crippen LogP contribution in [0.1, 0.15) is 5.56 Å². The first kappa shape index (κ1) is 12.4. The number of hydrogen-bond donors (Lipinski definition) is 0. The summed E-state index contributed by atoms with van der Waals surface area (Å²) >= 11 is 0. The van der Waals surface area contributed by atoms with E-state index >= 15 is 0 Å². The molecule has 1 heterocycles. The molecule has 0 unspecified atom stereocenters. The van der Waals surface area contributed by atoms with Crippen molar-refractivity contribution >= 4 is 0 Å². The molecule has 0 aliphatic heterocycles. The first-order valence-corrected chi connectivity index (χ1v) is 5.18. The maximum atomic E-state index is 12.6. The van der Waals surface area contributed by atoms with E-state index < -0.39 is 11.7 Å². The minimum atomic E-state index is -4.34. The van der Waals surface area contributed by atoms with E-state index in [2.05, 4.69) is 4.98 Å². The largest absolute Gasteiger partial charge is 0.481 e. The number of ether oxygens (including phenoxy) is 1. The Hall–Kier alpha value is -2.04. The van der Waals surface area contributed by atoms with E-state index in [1.54, 1.807) is 18.2 Å². The molecule has 2 aromatic rings. The highest BCUT2D eigenvalue weighted by molar-refractivity contribution is 5.65. The molecule has 1 aromatic carbocycles. The second-order valence-corrected chi connectivity index (χ2v) is 3.67. The van der Waals surface area contributed by atoms with Gasteiger partial charge in [0, 0.05) is 12.3 Å². The van der Waals surface area contributed by atoms with Crippen molar-refractivity contribution in [3.05, 3.63) is 48.2 Å². The van der Waals surface area contributed by atoms with Crippen LogP contribution in [0.3, 0.4) is 0 Å². The van der Waals surface area contributed by atoms with Crippen LogP contribution < -0.4 is 4.74 Å². The number of aromatic nitrogens is 1. The summed E-state index contributed by atoms with van der Waals surface area (Å²) in [5.41, 5.74) is 0.439. The number of alkyl halides is 3. The van der Waals surface area contributed by atoms with Crippen molar-refractivity contribution in [3.8, 4) is 17.0 Å². The van der Waals surface area contributed by atoms with Crippen molar-refractivity contribution < 1.29 is 17.9 Å². The lowest BCUT2D eigenvalue weighted by Crippen LogP contribution is -2.04. The highest BCUT2D eigenvalue weighted by atomic mass is 19.4. The smallest absolute Gasteiger partial charge is 0.416 e. The van der Waals surface area contributed by atoms with Crippen LogP contribution >= 0.6 is 0 Å². The fourth-order valence-corrected chi connectivity index (χ4v) is 1.58. The predicted molar refractivity (Wildman–Crippen MR) is 61.2 cm³/mol. The number of benzene rings is 1. The maximum Gasteiger partial charge on any atom is 0.416 e. The summed E-state index contributed by atoms with van der Waals surface area (Å²) in [6, 6.07) is 8.37. The maximum absolute atomic E-state index is 12.6. The predicted octanol–water partition coefficient (Wildman–Crippen LogP) is 3.78. The summed E-state index contributed by atoms with van der Waals surface area (Å²) in [5.74, 6) is 0.366. The number of halogens is 3. The summed E-state index contributed by atoms with van der Waals surface area (Å²) < 4.78 is 42.7. The average molecular weight is 253 g/mol. The Balaban J connectivity index is 2.44. The summed E-state index contributed by atoms with van der Waals surface area (Å²) in [6.45, 7) is 0. The Morgan fingerprint density at radius 2 is 1.78 bits per heavy atom. The van der Waals surface area contributed by atoms with Crippen LogP contribution in [0.25, 0.3) is 11.1 Å². The van der Waals surface area contributed by atoms with E-state index in [1.165, 1.54) is 19.4 Å². The molecule has 0 N–H and O–H groups in total. The highest BCUT2D eigenvalue weighted by Crippen LogP contribution is 2.32. The van der Waals surface area contributed by atoms with Gasteiger partial charge in [0.2, 0.25) is 5.88 Å². The molecule has 1 aromatic heterocycles. The van der Waals surface area contributed by atoms with Gasteiger partial charge >= 0.3 is 6.18 Å². The molecular weight excluding hydrogens is 243 g/mol. The summed E-state index contributed by atoms with van der Waals surface area (Å²) in [5, 5.41) is 0. The molecule has 2 nitrogen and oxygen atoms in total. The first-order chi connectivity index (χ1) is 8.50. The monoisotopic (exact) mass is 253 g/mol. The Morgan fingerprint density at radius 3 is 2.44 bits per heavy atom. The molecule has 2 rings (SSSR count). The molecule has 18 heavy (non-hydrogen) atoms. The van der Waals surface area contributed by atoms with Gasteiger partial charge in [0.25, 0.3) is 0 Å². The van der Waals surface area contributed by atoms with E-state index in [0.29, 0.717) is 17.0 Å². The Bertz CT molecular complexity index is 552. The standard InChI is InChI=1S/C13H10F3NO/c1-18-12-8-10(5-6-17-12)9-3-2-4-11(7-9)13(14,15)16/h2-8H,1H3. The quantitative estimate of drug-likeness (QED) is 0.812. The zero-order chi connectivity index (χ0) is 13.2. The van der Waals surface area contributed by atoms with Gasteiger partial charge in [-0.2, -0.15) is 13.2 Å². The zero-order valence-corrected chi connectivity index (χ0v) is 9.53. The van der Waals surface area contributed by atoms with Crippen LogP contribution in [-0.2, 0) is 6.18 Å². The van der Waals surface area contributed by atoms with Crippen LogP contribution in [0, 0.1) is 0 Å². The SMILES string of the molecule is COc1cc(-c2cccc(C(F)(F)F)c2)ccn1. The van der Waals surface area contributed by atoms with E-state index in [4.69, 9.17) is 4.74 Å². The first-order valence-electron chi connectivity index (χ1n) is 5.18. The fraction of sp³-hybridized carbons (Fsp3) is 0.154. The second kappa shape index (κ2) is 4.68. The third-order valence-electron chi connectivity index (χ3n) is 2.47. The van der Waals surface area contributed by atoms with Gasteiger partial charge in [-0.3, -0.25) is 0 Å². The Morgan fingerprint density at radius 1 is 1.06 bits per heavy atom. The Kier molecular flexibility index (Phi) is 3.23.